The Morgan fingerprint density at radius 2 is 2.05 bits per heavy atom. The number of hydrogen-bond donors (Lipinski definition) is 0. The highest BCUT2D eigenvalue weighted by Crippen LogP contribution is 2.20. The third-order valence-corrected chi connectivity index (χ3v) is 6.99. The van der Waals surface area contributed by atoms with Crippen LogP contribution in [0.25, 0.3) is 0 Å². The molecule has 1 aromatic rings. The van der Waals surface area contributed by atoms with E-state index in [-0.39, 0.29) is 5.91 Å². The van der Waals surface area contributed by atoms with Crippen molar-refractivity contribution >= 4 is 27.3 Å². The molecule has 1 aromatic heterocycles. The van der Waals surface area contributed by atoms with Crippen molar-refractivity contribution in [2.45, 2.75) is 33.2 Å². The van der Waals surface area contributed by atoms with Crippen molar-refractivity contribution in [1.29, 1.82) is 0 Å². The highest BCUT2D eigenvalue weighted by atomic mass is 32.2. The summed E-state index contributed by atoms with van der Waals surface area (Å²) in [7, 11) is -1.83. The molecular weight excluding hydrogens is 320 g/mol. The molecule has 0 bridgehead atoms. The molecule has 0 aliphatic carbocycles. The van der Waals surface area contributed by atoms with E-state index in [2.05, 4.69) is 6.92 Å². The minimum absolute atomic E-state index is 0.341. The van der Waals surface area contributed by atoms with Crippen LogP contribution in [0.4, 0.5) is 0 Å². The summed E-state index contributed by atoms with van der Waals surface area (Å²) in [5, 5.41) is 1.98. The maximum atomic E-state index is 12.4. The van der Waals surface area contributed by atoms with Crippen LogP contribution < -0.4 is 0 Å². The maximum Gasteiger partial charge on any atom is 0.239 e. The fourth-order valence-corrected chi connectivity index (χ4v) is 4.93. The predicted octanol–water partition coefficient (Wildman–Crippen LogP) is 2.08. The lowest BCUT2D eigenvalue weighted by Gasteiger charge is -2.29. The topological polar surface area (TPSA) is 57.7 Å². The standard InChI is InChI=1S/C15H24N2O3S2/c1-12-4-7-17(8-5-12)22(19,20)11-15(18)16(3)10-14-13(2)6-9-21-14/h6,9,12H,4-5,7-8,10-11H2,1-3H3. The summed E-state index contributed by atoms with van der Waals surface area (Å²) in [6.45, 7) is 5.66. The van der Waals surface area contributed by atoms with Gasteiger partial charge < -0.3 is 4.90 Å². The predicted molar refractivity (Wildman–Crippen MR) is 89.3 cm³/mol. The maximum absolute atomic E-state index is 12.4. The van der Waals surface area contributed by atoms with Crippen molar-refractivity contribution in [3.8, 4) is 0 Å². The van der Waals surface area contributed by atoms with Gasteiger partial charge in [-0.25, -0.2) is 12.7 Å². The van der Waals surface area contributed by atoms with Gasteiger partial charge in [0.2, 0.25) is 15.9 Å². The number of aryl methyl sites for hydroxylation is 1. The van der Waals surface area contributed by atoms with Crippen LogP contribution in [0.1, 0.15) is 30.2 Å². The van der Waals surface area contributed by atoms with Gasteiger partial charge in [-0.3, -0.25) is 4.79 Å². The fraction of sp³-hybridized carbons (Fsp3) is 0.667. The third kappa shape index (κ3) is 4.30. The lowest BCUT2D eigenvalue weighted by atomic mass is 10.0. The smallest absolute Gasteiger partial charge is 0.239 e. The number of rotatable bonds is 5. The second-order valence-corrected chi connectivity index (χ2v) is 9.08. The Balaban J connectivity index is 1.94. The van der Waals surface area contributed by atoms with Crippen LogP contribution in [0.3, 0.4) is 0 Å². The zero-order valence-electron chi connectivity index (χ0n) is 13.4. The highest BCUT2D eigenvalue weighted by molar-refractivity contribution is 7.89. The van der Waals surface area contributed by atoms with Gasteiger partial charge in [0, 0.05) is 25.0 Å². The number of carbonyl (C=O) groups excluding carboxylic acids is 1. The summed E-state index contributed by atoms with van der Waals surface area (Å²) >= 11 is 1.59. The van der Waals surface area contributed by atoms with Crippen molar-refractivity contribution in [2.75, 3.05) is 25.9 Å². The Hall–Kier alpha value is -0.920. The van der Waals surface area contributed by atoms with Crippen molar-refractivity contribution in [1.82, 2.24) is 9.21 Å². The molecule has 2 rings (SSSR count). The molecule has 1 amide bonds. The van der Waals surface area contributed by atoms with Gasteiger partial charge in [0.1, 0.15) is 5.75 Å². The number of nitrogens with zero attached hydrogens (tertiary/aromatic N) is 2. The van der Waals surface area contributed by atoms with Gasteiger partial charge >= 0.3 is 0 Å². The summed E-state index contributed by atoms with van der Waals surface area (Å²) in [4.78, 5) is 14.8. The molecule has 0 spiro atoms. The van der Waals surface area contributed by atoms with Crippen LogP contribution >= 0.6 is 11.3 Å². The zero-order valence-corrected chi connectivity index (χ0v) is 15.0. The van der Waals surface area contributed by atoms with Crippen molar-refractivity contribution in [3.05, 3.63) is 21.9 Å². The molecule has 2 heterocycles. The van der Waals surface area contributed by atoms with Gasteiger partial charge in [0.25, 0.3) is 0 Å². The molecule has 22 heavy (non-hydrogen) atoms. The first-order valence-electron chi connectivity index (χ1n) is 7.54. The van der Waals surface area contributed by atoms with E-state index < -0.39 is 15.8 Å². The Morgan fingerprint density at radius 3 is 2.59 bits per heavy atom. The minimum atomic E-state index is -3.49. The molecule has 0 radical (unpaired) electrons. The molecule has 7 heteroatoms. The van der Waals surface area contributed by atoms with Gasteiger partial charge in [-0.2, -0.15) is 0 Å². The zero-order chi connectivity index (χ0) is 16.3. The largest absolute Gasteiger partial charge is 0.340 e. The van der Waals surface area contributed by atoms with Crippen LogP contribution in [0, 0.1) is 12.8 Å². The van der Waals surface area contributed by atoms with E-state index in [1.165, 1.54) is 9.21 Å². The normalized spacial score (nSPS) is 17.6. The first-order valence-corrected chi connectivity index (χ1v) is 10.0. The van der Waals surface area contributed by atoms with E-state index >= 15 is 0 Å². The molecule has 1 aliphatic rings. The van der Waals surface area contributed by atoms with Crippen LogP contribution in [0.15, 0.2) is 11.4 Å². The number of sulfonamides is 1. The fourth-order valence-electron chi connectivity index (χ4n) is 2.49. The Kier molecular flexibility index (Phi) is 5.63. The average Bonchev–Trinajstić information content (AvgIpc) is 2.84. The molecule has 0 unspecified atom stereocenters. The lowest BCUT2D eigenvalue weighted by molar-refractivity contribution is -0.127. The summed E-state index contributed by atoms with van der Waals surface area (Å²) in [5.41, 5.74) is 1.14. The van der Waals surface area contributed by atoms with Gasteiger partial charge in [-0.05, 0) is 42.7 Å². The number of amides is 1. The third-order valence-electron chi connectivity index (χ3n) is 4.22. The van der Waals surface area contributed by atoms with E-state index in [9.17, 15) is 13.2 Å². The number of carbonyl (C=O) groups is 1. The Bertz CT molecular complexity index is 616. The van der Waals surface area contributed by atoms with Crippen LogP contribution in [0.2, 0.25) is 0 Å². The molecule has 1 saturated heterocycles. The van der Waals surface area contributed by atoms with Gasteiger partial charge in [0.15, 0.2) is 0 Å². The molecule has 0 aromatic carbocycles. The molecular formula is C15H24N2O3S2. The molecule has 0 N–H and O–H groups in total. The number of piperidine rings is 1. The van der Waals surface area contributed by atoms with Crippen LogP contribution in [-0.4, -0.2) is 49.4 Å². The molecule has 5 nitrogen and oxygen atoms in total. The second kappa shape index (κ2) is 7.10. The van der Waals surface area contributed by atoms with Gasteiger partial charge in [-0.15, -0.1) is 11.3 Å². The summed E-state index contributed by atoms with van der Waals surface area (Å²) in [6.07, 6.45) is 1.75. The monoisotopic (exact) mass is 344 g/mol. The molecule has 1 fully saturated rings. The quantitative estimate of drug-likeness (QED) is 0.822. The van der Waals surface area contributed by atoms with E-state index in [1.54, 1.807) is 18.4 Å². The summed E-state index contributed by atoms with van der Waals surface area (Å²) in [5.74, 6) is -0.208. The van der Waals surface area contributed by atoms with E-state index in [0.29, 0.717) is 25.6 Å². The van der Waals surface area contributed by atoms with Gasteiger partial charge in [0.05, 0.1) is 6.54 Å². The SMILES string of the molecule is Cc1ccsc1CN(C)C(=O)CS(=O)(=O)N1CCC(C)CC1. The molecule has 0 atom stereocenters. The molecule has 1 aliphatic heterocycles. The molecule has 0 saturated carbocycles. The van der Waals surface area contributed by atoms with E-state index in [4.69, 9.17) is 0 Å². The Labute approximate surface area is 137 Å². The van der Waals surface area contributed by atoms with E-state index in [0.717, 1.165) is 23.3 Å². The first-order chi connectivity index (χ1) is 10.3. The summed E-state index contributed by atoms with van der Waals surface area (Å²) < 4.78 is 26.2. The number of hydrogen-bond acceptors (Lipinski definition) is 4. The molecule has 124 valence electrons. The average molecular weight is 345 g/mol. The Morgan fingerprint density at radius 1 is 1.41 bits per heavy atom. The summed E-state index contributed by atoms with van der Waals surface area (Å²) in [6, 6.07) is 2.00. The van der Waals surface area contributed by atoms with Crippen LogP contribution in [0.5, 0.6) is 0 Å². The first kappa shape index (κ1) is 17.4. The van der Waals surface area contributed by atoms with Gasteiger partial charge in [-0.1, -0.05) is 6.92 Å². The van der Waals surface area contributed by atoms with E-state index in [1.807, 2.05) is 18.4 Å². The van der Waals surface area contributed by atoms with Crippen molar-refractivity contribution in [2.24, 2.45) is 5.92 Å². The van der Waals surface area contributed by atoms with Crippen molar-refractivity contribution < 1.29 is 13.2 Å². The van der Waals surface area contributed by atoms with Crippen molar-refractivity contribution in [3.63, 3.8) is 0 Å². The second-order valence-electron chi connectivity index (χ2n) is 6.11. The lowest BCUT2D eigenvalue weighted by Crippen LogP contribution is -2.43. The minimum Gasteiger partial charge on any atom is -0.340 e. The highest BCUT2D eigenvalue weighted by Gasteiger charge is 2.29. The van der Waals surface area contributed by atoms with Crippen LogP contribution in [-0.2, 0) is 21.4 Å². The number of thiophene rings is 1.